The maximum absolute atomic E-state index is 5.79. The molecular formula is C13H19BrN4O. The van der Waals surface area contributed by atoms with Crippen LogP contribution in [0, 0.1) is 6.92 Å². The van der Waals surface area contributed by atoms with Crippen molar-refractivity contribution in [2.45, 2.75) is 46.9 Å². The van der Waals surface area contributed by atoms with Gasteiger partial charge in [0.25, 0.3) is 0 Å². The lowest BCUT2D eigenvalue weighted by atomic mass is 10.4. The van der Waals surface area contributed by atoms with Gasteiger partial charge in [0.2, 0.25) is 0 Å². The lowest BCUT2D eigenvalue weighted by Crippen LogP contribution is -2.06. The first-order chi connectivity index (χ1) is 9.02. The molecule has 2 aromatic rings. The van der Waals surface area contributed by atoms with Crippen molar-refractivity contribution in [3.05, 3.63) is 28.3 Å². The van der Waals surface area contributed by atoms with E-state index in [-0.39, 0.29) is 0 Å². The van der Waals surface area contributed by atoms with Crippen molar-refractivity contribution in [2.75, 3.05) is 0 Å². The summed E-state index contributed by atoms with van der Waals surface area (Å²) in [6, 6.07) is 0.340. The monoisotopic (exact) mass is 326 g/mol. The number of rotatable bonds is 5. The van der Waals surface area contributed by atoms with Gasteiger partial charge >= 0.3 is 0 Å². The molecule has 2 heterocycles. The Kier molecular flexibility index (Phi) is 4.29. The zero-order valence-corrected chi connectivity index (χ0v) is 13.3. The van der Waals surface area contributed by atoms with E-state index in [0.717, 1.165) is 28.2 Å². The highest BCUT2D eigenvalue weighted by atomic mass is 79.9. The molecule has 0 aromatic carbocycles. The van der Waals surface area contributed by atoms with Crippen LogP contribution in [0.15, 0.2) is 16.9 Å². The zero-order valence-electron chi connectivity index (χ0n) is 11.7. The Bertz CT molecular complexity index is 559. The van der Waals surface area contributed by atoms with Crippen molar-refractivity contribution < 1.29 is 4.74 Å². The van der Waals surface area contributed by atoms with Gasteiger partial charge in [0.05, 0.1) is 28.3 Å². The minimum absolute atomic E-state index is 0.340. The Morgan fingerprint density at radius 2 is 2.16 bits per heavy atom. The molecule has 0 bridgehead atoms. The van der Waals surface area contributed by atoms with E-state index < -0.39 is 0 Å². The topological polar surface area (TPSA) is 44.9 Å². The van der Waals surface area contributed by atoms with E-state index >= 15 is 0 Å². The average molecular weight is 327 g/mol. The van der Waals surface area contributed by atoms with Gasteiger partial charge in [-0.2, -0.15) is 10.2 Å². The van der Waals surface area contributed by atoms with Crippen molar-refractivity contribution in [2.24, 2.45) is 0 Å². The first-order valence-electron chi connectivity index (χ1n) is 6.41. The molecule has 0 atom stereocenters. The Balaban J connectivity index is 2.09. The van der Waals surface area contributed by atoms with E-state index in [0.29, 0.717) is 12.6 Å². The molecule has 0 radical (unpaired) electrons. The Morgan fingerprint density at radius 1 is 1.42 bits per heavy atom. The molecule has 5 nitrogen and oxygen atoms in total. The van der Waals surface area contributed by atoms with Crippen LogP contribution in [-0.4, -0.2) is 19.6 Å². The number of aryl methyl sites for hydroxylation is 2. The highest BCUT2D eigenvalue weighted by molar-refractivity contribution is 9.10. The van der Waals surface area contributed by atoms with E-state index in [1.807, 2.05) is 22.5 Å². The van der Waals surface area contributed by atoms with Crippen LogP contribution < -0.4 is 4.74 Å². The molecule has 6 heteroatoms. The summed E-state index contributed by atoms with van der Waals surface area (Å²) in [4.78, 5) is 0. The van der Waals surface area contributed by atoms with Crippen molar-refractivity contribution in [3.8, 4) is 5.75 Å². The summed E-state index contributed by atoms with van der Waals surface area (Å²) in [6.45, 7) is 9.54. The molecule has 2 rings (SSSR count). The highest BCUT2D eigenvalue weighted by Crippen LogP contribution is 2.23. The summed E-state index contributed by atoms with van der Waals surface area (Å²) in [7, 11) is 0. The number of hydrogen-bond donors (Lipinski definition) is 0. The van der Waals surface area contributed by atoms with Crippen LogP contribution >= 0.6 is 15.9 Å². The first-order valence-corrected chi connectivity index (χ1v) is 7.21. The molecular weight excluding hydrogens is 308 g/mol. The summed E-state index contributed by atoms with van der Waals surface area (Å²) in [5.41, 5.74) is 2.04. The molecule has 2 aromatic heterocycles. The van der Waals surface area contributed by atoms with Crippen LogP contribution in [0.4, 0.5) is 0 Å². The molecule has 0 aliphatic rings. The molecule has 0 amide bonds. The Morgan fingerprint density at radius 3 is 2.74 bits per heavy atom. The van der Waals surface area contributed by atoms with Crippen molar-refractivity contribution >= 4 is 15.9 Å². The standard InChI is InChI=1S/C13H19BrN4O/c1-5-17-12(13(14)10(4)16-17)8-19-11-6-15-18(7-11)9(2)3/h6-7,9H,5,8H2,1-4H3. The van der Waals surface area contributed by atoms with E-state index in [4.69, 9.17) is 4.74 Å². The molecule has 104 valence electrons. The van der Waals surface area contributed by atoms with Gasteiger partial charge in [-0.3, -0.25) is 9.36 Å². The molecule has 0 aliphatic heterocycles. The van der Waals surface area contributed by atoms with Crippen molar-refractivity contribution in [1.29, 1.82) is 0 Å². The second-order valence-electron chi connectivity index (χ2n) is 4.70. The van der Waals surface area contributed by atoms with Crippen LogP contribution in [0.1, 0.15) is 38.2 Å². The molecule has 19 heavy (non-hydrogen) atoms. The van der Waals surface area contributed by atoms with Gasteiger partial charge in [-0.15, -0.1) is 0 Å². The molecule has 0 aliphatic carbocycles. The third kappa shape index (κ3) is 3.00. The molecule has 0 spiro atoms. The SMILES string of the molecule is CCn1nc(C)c(Br)c1COc1cnn(C(C)C)c1. The van der Waals surface area contributed by atoms with Gasteiger partial charge in [-0.1, -0.05) is 0 Å². The Labute approximate surface area is 121 Å². The smallest absolute Gasteiger partial charge is 0.157 e. The number of hydrogen-bond acceptors (Lipinski definition) is 3. The maximum Gasteiger partial charge on any atom is 0.157 e. The summed E-state index contributed by atoms with van der Waals surface area (Å²) in [5.74, 6) is 0.780. The number of nitrogens with zero attached hydrogens (tertiary/aromatic N) is 4. The van der Waals surface area contributed by atoms with Crippen molar-refractivity contribution in [3.63, 3.8) is 0 Å². The lowest BCUT2D eigenvalue weighted by molar-refractivity contribution is 0.291. The summed E-state index contributed by atoms with van der Waals surface area (Å²) in [5, 5.41) is 8.70. The van der Waals surface area contributed by atoms with Crippen LogP contribution in [0.5, 0.6) is 5.75 Å². The lowest BCUT2D eigenvalue weighted by Gasteiger charge is -2.07. The van der Waals surface area contributed by atoms with E-state index in [2.05, 4.69) is 46.9 Å². The normalized spacial score (nSPS) is 11.3. The molecule has 0 unspecified atom stereocenters. The van der Waals surface area contributed by atoms with E-state index in [9.17, 15) is 0 Å². The minimum Gasteiger partial charge on any atom is -0.484 e. The van der Waals surface area contributed by atoms with Gasteiger partial charge in [-0.25, -0.2) is 0 Å². The third-order valence-electron chi connectivity index (χ3n) is 2.94. The maximum atomic E-state index is 5.79. The second kappa shape index (κ2) is 5.77. The van der Waals surface area contributed by atoms with Crippen LogP contribution in [-0.2, 0) is 13.2 Å². The summed E-state index contributed by atoms with van der Waals surface area (Å²) >= 11 is 3.56. The molecule has 0 fully saturated rings. The first kappa shape index (κ1) is 14.1. The molecule has 0 saturated carbocycles. The van der Waals surface area contributed by atoms with Crippen LogP contribution in [0.3, 0.4) is 0 Å². The fraction of sp³-hybridized carbons (Fsp3) is 0.538. The molecule has 0 N–H and O–H groups in total. The van der Waals surface area contributed by atoms with Gasteiger partial charge in [0.1, 0.15) is 6.61 Å². The quantitative estimate of drug-likeness (QED) is 0.846. The predicted octanol–water partition coefficient (Wildman–Crippen LogP) is 3.33. The van der Waals surface area contributed by atoms with Crippen molar-refractivity contribution in [1.82, 2.24) is 19.6 Å². The van der Waals surface area contributed by atoms with E-state index in [1.54, 1.807) is 6.20 Å². The third-order valence-corrected chi connectivity index (χ3v) is 3.97. The van der Waals surface area contributed by atoms with Crippen LogP contribution in [0.2, 0.25) is 0 Å². The van der Waals surface area contributed by atoms with Gasteiger partial charge in [-0.05, 0) is 43.6 Å². The van der Waals surface area contributed by atoms with E-state index in [1.165, 1.54) is 0 Å². The minimum atomic E-state index is 0.340. The van der Waals surface area contributed by atoms with Gasteiger partial charge in [0.15, 0.2) is 5.75 Å². The predicted molar refractivity (Wildman–Crippen MR) is 77.3 cm³/mol. The zero-order chi connectivity index (χ0) is 14.0. The average Bonchev–Trinajstić information content (AvgIpc) is 2.94. The van der Waals surface area contributed by atoms with Gasteiger partial charge in [0, 0.05) is 12.6 Å². The second-order valence-corrected chi connectivity index (χ2v) is 5.49. The number of aromatic nitrogens is 4. The number of ether oxygens (including phenoxy) is 1. The highest BCUT2D eigenvalue weighted by Gasteiger charge is 2.13. The molecule has 0 saturated heterocycles. The summed E-state index contributed by atoms with van der Waals surface area (Å²) in [6.07, 6.45) is 3.66. The largest absolute Gasteiger partial charge is 0.484 e. The summed E-state index contributed by atoms with van der Waals surface area (Å²) < 4.78 is 10.6. The fourth-order valence-electron chi connectivity index (χ4n) is 1.84. The number of halogens is 1. The van der Waals surface area contributed by atoms with Crippen LogP contribution in [0.25, 0.3) is 0 Å². The fourth-order valence-corrected chi connectivity index (χ4v) is 2.23. The van der Waals surface area contributed by atoms with Gasteiger partial charge < -0.3 is 4.74 Å². The Hall–Kier alpha value is -1.30.